The smallest absolute Gasteiger partial charge is 0.319 e. The van der Waals surface area contributed by atoms with Gasteiger partial charge in [0, 0.05) is 18.0 Å². The van der Waals surface area contributed by atoms with Gasteiger partial charge in [0.1, 0.15) is 11.6 Å². The van der Waals surface area contributed by atoms with E-state index in [1.165, 1.54) is 24.5 Å². The Labute approximate surface area is 135 Å². The lowest BCUT2D eigenvalue weighted by Gasteiger charge is -2.14. The first-order valence-electron chi connectivity index (χ1n) is 7.10. The Hall–Kier alpha value is -2.68. The number of aromatic nitrogens is 4. The number of hydrogen-bond acceptors (Lipinski definition) is 5. The quantitative estimate of drug-likeness (QED) is 0.692. The van der Waals surface area contributed by atoms with Crippen molar-refractivity contribution in [3.05, 3.63) is 54.2 Å². The summed E-state index contributed by atoms with van der Waals surface area (Å²) in [5.41, 5.74) is 0.627. The molecule has 2 heterocycles. The summed E-state index contributed by atoms with van der Waals surface area (Å²) in [5, 5.41) is 3.84. The molecule has 0 bridgehead atoms. The average Bonchev–Trinajstić information content (AvgIpc) is 3.17. The molecule has 3 aromatic rings. The van der Waals surface area contributed by atoms with Crippen LogP contribution in [0.1, 0.15) is 18.3 Å². The van der Waals surface area contributed by atoms with Gasteiger partial charge in [-0.2, -0.15) is 13.8 Å². The van der Waals surface area contributed by atoms with Crippen LogP contribution in [0.15, 0.2) is 41.2 Å². The zero-order valence-electron chi connectivity index (χ0n) is 12.7. The topological polar surface area (TPSA) is 60.0 Å². The Balaban J connectivity index is 1.66. The van der Waals surface area contributed by atoms with Crippen molar-refractivity contribution in [2.75, 3.05) is 7.05 Å². The number of halogens is 3. The Morgan fingerprint density at radius 2 is 1.96 bits per heavy atom. The van der Waals surface area contributed by atoms with E-state index in [2.05, 4.69) is 15.1 Å². The molecule has 0 unspecified atom stereocenters. The summed E-state index contributed by atoms with van der Waals surface area (Å²) in [6.45, 7) is -2.17. The van der Waals surface area contributed by atoms with Gasteiger partial charge in [0.2, 0.25) is 11.7 Å². The van der Waals surface area contributed by atoms with Crippen LogP contribution in [0, 0.1) is 5.82 Å². The second-order valence-corrected chi connectivity index (χ2v) is 5.22. The van der Waals surface area contributed by atoms with E-state index in [-0.39, 0.29) is 24.7 Å². The van der Waals surface area contributed by atoms with Crippen LogP contribution in [-0.2, 0) is 13.1 Å². The summed E-state index contributed by atoms with van der Waals surface area (Å²) in [6, 6.07) is 5.71. The van der Waals surface area contributed by atoms with Crippen LogP contribution in [0.25, 0.3) is 11.4 Å². The maximum absolute atomic E-state index is 12.9. The third-order valence-electron chi connectivity index (χ3n) is 3.35. The molecule has 24 heavy (non-hydrogen) atoms. The van der Waals surface area contributed by atoms with Crippen LogP contribution in [0.5, 0.6) is 0 Å². The van der Waals surface area contributed by atoms with Crippen molar-refractivity contribution in [3.8, 4) is 11.4 Å². The van der Waals surface area contributed by atoms with Gasteiger partial charge < -0.3 is 4.52 Å². The van der Waals surface area contributed by atoms with Crippen molar-refractivity contribution in [1.29, 1.82) is 0 Å². The molecule has 0 aliphatic carbocycles. The molecule has 0 radical (unpaired) electrons. The fourth-order valence-electron chi connectivity index (χ4n) is 2.21. The van der Waals surface area contributed by atoms with E-state index < -0.39 is 6.55 Å². The monoisotopic (exact) mass is 337 g/mol. The maximum Gasteiger partial charge on any atom is 0.319 e. The van der Waals surface area contributed by atoms with Gasteiger partial charge in [-0.15, -0.1) is 0 Å². The van der Waals surface area contributed by atoms with E-state index in [0.29, 0.717) is 17.3 Å². The minimum atomic E-state index is -2.63. The van der Waals surface area contributed by atoms with Crippen molar-refractivity contribution in [1.82, 2.24) is 24.6 Å². The molecule has 0 atom stereocenters. The number of nitrogens with zero attached hydrogens (tertiary/aromatic N) is 5. The van der Waals surface area contributed by atoms with Crippen molar-refractivity contribution in [3.63, 3.8) is 0 Å². The Morgan fingerprint density at radius 1 is 1.21 bits per heavy atom. The summed E-state index contributed by atoms with van der Waals surface area (Å²) in [6.07, 6.45) is 2.56. The highest BCUT2D eigenvalue weighted by Gasteiger charge is 2.15. The molecule has 126 valence electrons. The number of hydrogen-bond donors (Lipinski definition) is 0. The van der Waals surface area contributed by atoms with Crippen molar-refractivity contribution in [2.45, 2.75) is 19.6 Å². The van der Waals surface area contributed by atoms with Crippen LogP contribution in [0.4, 0.5) is 13.2 Å². The van der Waals surface area contributed by atoms with Crippen LogP contribution in [0.2, 0.25) is 0 Å². The highest BCUT2D eigenvalue weighted by atomic mass is 19.3. The van der Waals surface area contributed by atoms with Gasteiger partial charge in [-0.25, -0.2) is 9.37 Å². The zero-order valence-corrected chi connectivity index (χ0v) is 12.7. The highest BCUT2D eigenvalue weighted by Crippen LogP contribution is 2.18. The Bertz CT molecular complexity index is 800. The Kier molecular flexibility index (Phi) is 4.61. The first kappa shape index (κ1) is 16.2. The number of benzene rings is 1. The van der Waals surface area contributed by atoms with Crippen LogP contribution in [0.3, 0.4) is 0 Å². The number of imidazole rings is 1. The molecule has 0 aliphatic heterocycles. The minimum absolute atomic E-state index is 0.200. The zero-order chi connectivity index (χ0) is 17.1. The van der Waals surface area contributed by atoms with Crippen molar-refractivity contribution in [2.24, 2.45) is 0 Å². The molecule has 3 rings (SSSR count). The molecule has 0 saturated carbocycles. The summed E-state index contributed by atoms with van der Waals surface area (Å²) in [5.74, 6) is 0.557. The lowest BCUT2D eigenvalue weighted by molar-refractivity contribution is 0.0642. The molecular formula is C15H14F3N5O. The maximum atomic E-state index is 12.9. The van der Waals surface area contributed by atoms with Crippen LogP contribution >= 0.6 is 0 Å². The standard InChI is InChI=1S/C15H14F3N5O/c1-22(8-12-19-6-7-23(12)15(17)18)9-13-20-14(21-24-13)10-2-4-11(16)5-3-10/h2-7,15H,8-9H2,1H3. The lowest BCUT2D eigenvalue weighted by atomic mass is 10.2. The van der Waals surface area contributed by atoms with Gasteiger partial charge in [0.25, 0.3) is 0 Å². The van der Waals surface area contributed by atoms with Gasteiger partial charge in [-0.3, -0.25) is 9.47 Å². The van der Waals surface area contributed by atoms with E-state index in [9.17, 15) is 13.2 Å². The fourth-order valence-corrected chi connectivity index (χ4v) is 2.21. The normalized spacial score (nSPS) is 11.6. The summed E-state index contributed by atoms with van der Waals surface area (Å²) in [7, 11) is 1.73. The lowest BCUT2D eigenvalue weighted by Crippen LogP contribution is -2.20. The van der Waals surface area contributed by atoms with Gasteiger partial charge in [-0.1, -0.05) is 5.16 Å². The van der Waals surface area contributed by atoms with Gasteiger partial charge in [-0.05, 0) is 31.3 Å². The van der Waals surface area contributed by atoms with E-state index >= 15 is 0 Å². The highest BCUT2D eigenvalue weighted by molar-refractivity contribution is 5.53. The molecule has 1 aromatic carbocycles. The minimum Gasteiger partial charge on any atom is -0.338 e. The molecule has 0 amide bonds. The van der Waals surface area contributed by atoms with Crippen LogP contribution < -0.4 is 0 Å². The third-order valence-corrected chi connectivity index (χ3v) is 3.35. The second-order valence-electron chi connectivity index (χ2n) is 5.22. The molecule has 0 saturated heterocycles. The van der Waals surface area contributed by atoms with Crippen molar-refractivity contribution >= 4 is 0 Å². The molecule has 0 aliphatic rings. The summed E-state index contributed by atoms with van der Waals surface area (Å²) >= 11 is 0. The number of rotatable bonds is 6. The first-order valence-corrected chi connectivity index (χ1v) is 7.10. The Morgan fingerprint density at radius 3 is 2.67 bits per heavy atom. The largest absolute Gasteiger partial charge is 0.338 e. The molecule has 6 nitrogen and oxygen atoms in total. The fraction of sp³-hybridized carbons (Fsp3) is 0.267. The van der Waals surface area contributed by atoms with E-state index in [1.807, 2.05) is 0 Å². The molecular weight excluding hydrogens is 323 g/mol. The number of alkyl halides is 2. The first-order chi connectivity index (χ1) is 11.5. The predicted octanol–water partition coefficient (Wildman–Crippen LogP) is 3.10. The predicted molar refractivity (Wildman–Crippen MR) is 78.3 cm³/mol. The molecule has 2 aromatic heterocycles. The van der Waals surface area contributed by atoms with E-state index in [0.717, 1.165) is 4.57 Å². The van der Waals surface area contributed by atoms with E-state index in [4.69, 9.17) is 4.52 Å². The van der Waals surface area contributed by atoms with Gasteiger partial charge in [0.15, 0.2) is 0 Å². The van der Waals surface area contributed by atoms with Crippen LogP contribution in [-0.4, -0.2) is 31.6 Å². The van der Waals surface area contributed by atoms with E-state index in [1.54, 1.807) is 24.1 Å². The summed E-state index contributed by atoms with van der Waals surface area (Å²) in [4.78, 5) is 9.86. The summed E-state index contributed by atoms with van der Waals surface area (Å²) < 4.78 is 44.5. The average molecular weight is 337 g/mol. The second kappa shape index (κ2) is 6.83. The molecule has 0 fully saturated rings. The van der Waals surface area contributed by atoms with Gasteiger partial charge in [0.05, 0.1) is 13.1 Å². The van der Waals surface area contributed by atoms with Crippen molar-refractivity contribution < 1.29 is 17.7 Å². The SMILES string of the molecule is CN(Cc1nc(-c2ccc(F)cc2)no1)Cc1nccn1C(F)F. The molecule has 9 heteroatoms. The molecule has 0 spiro atoms. The van der Waals surface area contributed by atoms with Gasteiger partial charge >= 0.3 is 6.55 Å². The molecule has 0 N–H and O–H groups in total. The third kappa shape index (κ3) is 3.62.